The van der Waals surface area contributed by atoms with Gasteiger partial charge in [0.05, 0.1) is 24.7 Å². The minimum Gasteiger partial charge on any atom is -0.469 e. The summed E-state index contributed by atoms with van der Waals surface area (Å²) in [4.78, 5) is 46.3. The zero-order valence-electron chi connectivity index (χ0n) is 22.7. The average molecular weight is 591 g/mol. The van der Waals surface area contributed by atoms with E-state index in [1.165, 1.54) is 17.2 Å². The fraction of sp³-hybridized carbons (Fsp3) is 0.444. The van der Waals surface area contributed by atoms with E-state index in [1.54, 1.807) is 31.2 Å². The van der Waals surface area contributed by atoms with Crippen LogP contribution in [-0.4, -0.2) is 81.4 Å². The number of benzene rings is 1. The number of hydrogen-bond donors (Lipinski definition) is 1. The molecule has 0 spiro atoms. The average Bonchev–Trinajstić information content (AvgIpc) is 3.61. The van der Waals surface area contributed by atoms with Crippen LogP contribution in [0.25, 0.3) is 0 Å². The Kier molecular flexibility index (Phi) is 8.31. The Balaban J connectivity index is 1.50. The Morgan fingerprint density at radius 3 is 2.43 bits per heavy atom. The minimum atomic E-state index is -4.81. The van der Waals surface area contributed by atoms with Crippen LogP contribution < -0.4 is 10.5 Å². The van der Waals surface area contributed by atoms with Crippen molar-refractivity contribution in [2.75, 3.05) is 32.8 Å². The molecule has 4 heterocycles. The standard InChI is InChI=1S/C27H29F3N6O6/c1-16-12-19(15-41-16)23(37)36-25(42-14-18-4-2-17(13-31)3-5-18)32-22(33-36)21-20(27(28,29)30)6-7-35(24(21)38)26(39)34-8-10-40-11-9-34/h2-5,12,15,20-21H,6-11,13-14,31H2,1H3. The number of rotatable bonds is 6. The van der Waals surface area contributed by atoms with E-state index in [-0.39, 0.29) is 38.5 Å². The Labute approximate surface area is 238 Å². The molecule has 1 aromatic carbocycles. The number of ether oxygens (including phenoxy) is 2. The molecule has 12 nitrogen and oxygen atoms in total. The first-order valence-electron chi connectivity index (χ1n) is 13.3. The summed E-state index contributed by atoms with van der Waals surface area (Å²) < 4.78 is 59.6. The lowest BCUT2D eigenvalue weighted by molar-refractivity contribution is -0.194. The molecule has 2 saturated heterocycles. The van der Waals surface area contributed by atoms with Gasteiger partial charge < -0.3 is 24.5 Å². The van der Waals surface area contributed by atoms with Crippen LogP contribution in [0.5, 0.6) is 6.01 Å². The van der Waals surface area contributed by atoms with Crippen molar-refractivity contribution in [3.8, 4) is 6.01 Å². The Morgan fingerprint density at radius 2 is 1.81 bits per heavy atom. The Morgan fingerprint density at radius 1 is 1.12 bits per heavy atom. The third-order valence-electron chi connectivity index (χ3n) is 7.20. The first-order chi connectivity index (χ1) is 20.1. The van der Waals surface area contributed by atoms with Gasteiger partial charge in [-0.3, -0.25) is 14.5 Å². The zero-order valence-corrected chi connectivity index (χ0v) is 22.7. The molecule has 2 aliphatic rings. The number of amides is 3. The number of halogens is 3. The number of aryl methyl sites for hydroxylation is 1. The molecule has 0 aliphatic carbocycles. The van der Waals surface area contributed by atoms with E-state index in [0.717, 1.165) is 10.5 Å². The number of carbonyl (C=O) groups is 3. The third kappa shape index (κ3) is 6.01. The number of carbonyl (C=O) groups excluding carboxylic acids is 3. The number of imide groups is 1. The predicted octanol–water partition coefficient (Wildman–Crippen LogP) is 2.85. The molecule has 3 amide bonds. The largest absolute Gasteiger partial charge is 0.469 e. The highest BCUT2D eigenvalue weighted by Gasteiger charge is 2.54. The molecule has 0 saturated carbocycles. The van der Waals surface area contributed by atoms with Gasteiger partial charge in [-0.2, -0.15) is 18.2 Å². The maximum Gasteiger partial charge on any atom is 0.393 e. The summed E-state index contributed by atoms with van der Waals surface area (Å²) in [7, 11) is 0. The lowest BCUT2D eigenvalue weighted by atomic mass is 9.83. The Hall–Kier alpha value is -4.24. The third-order valence-corrected chi connectivity index (χ3v) is 7.20. The molecule has 2 aromatic heterocycles. The molecule has 0 bridgehead atoms. The first-order valence-corrected chi connectivity index (χ1v) is 13.3. The van der Waals surface area contributed by atoms with Gasteiger partial charge in [-0.25, -0.2) is 4.79 Å². The van der Waals surface area contributed by atoms with Crippen LogP contribution in [0.3, 0.4) is 0 Å². The quantitative estimate of drug-likeness (QED) is 0.458. The number of piperidine rings is 1. The molecule has 2 N–H and O–H groups in total. The molecular formula is C27H29F3N6O6. The summed E-state index contributed by atoms with van der Waals surface area (Å²) in [6.45, 7) is 2.31. The molecule has 2 aliphatic heterocycles. The molecule has 0 radical (unpaired) electrons. The van der Waals surface area contributed by atoms with Crippen LogP contribution in [-0.2, 0) is 22.7 Å². The van der Waals surface area contributed by atoms with Gasteiger partial charge in [0.25, 0.3) is 5.91 Å². The van der Waals surface area contributed by atoms with Crippen molar-refractivity contribution < 1.29 is 41.4 Å². The monoisotopic (exact) mass is 590 g/mol. The summed E-state index contributed by atoms with van der Waals surface area (Å²) in [6, 6.07) is 7.34. The highest BCUT2D eigenvalue weighted by molar-refractivity contribution is 5.99. The highest BCUT2D eigenvalue weighted by Crippen LogP contribution is 2.43. The zero-order chi connectivity index (χ0) is 30.0. The van der Waals surface area contributed by atoms with E-state index in [0.29, 0.717) is 22.6 Å². The summed E-state index contributed by atoms with van der Waals surface area (Å²) in [5, 5.41) is 4.06. The van der Waals surface area contributed by atoms with Gasteiger partial charge in [-0.05, 0) is 30.5 Å². The van der Waals surface area contributed by atoms with Gasteiger partial charge in [-0.1, -0.05) is 24.3 Å². The van der Waals surface area contributed by atoms with Crippen LogP contribution in [0, 0.1) is 12.8 Å². The summed E-state index contributed by atoms with van der Waals surface area (Å²) in [5.41, 5.74) is 7.22. The Bertz CT molecular complexity index is 1450. The fourth-order valence-electron chi connectivity index (χ4n) is 4.91. The number of morpholine rings is 1. The van der Waals surface area contributed by atoms with E-state index in [2.05, 4.69) is 10.1 Å². The summed E-state index contributed by atoms with van der Waals surface area (Å²) >= 11 is 0. The molecule has 2 atom stereocenters. The number of alkyl halides is 3. The lowest BCUT2D eigenvalue weighted by Gasteiger charge is -2.39. The minimum absolute atomic E-state index is 0.0487. The van der Waals surface area contributed by atoms with E-state index in [4.69, 9.17) is 19.6 Å². The molecule has 15 heteroatoms. The van der Waals surface area contributed by atoms with E-state index in [9.17, 15) is 27.6 Å². The number of urea groups is 1. The van der Waals surface area contributed by atoms with E-state index < -0.39 is 60.7 Å². The first kappa shape index (κ1) is 29.3. The molecule has 224 valence electrons. The van der Waals surface area contributed by atoms with Gasteiger partial charge in [0.15, 0.2) is 5.82 Å². The van der Waals surface area contributed by atoms with Crippen molar-refractivity contribution in [1.82, 2.24) is 24.6 Å². The predicted molar refractivity (Wildman–Crippen MR) is 138 cm³/mol. The van der Waals surface area contributed by atoms with Crippen molar-refractivity contribution in [3.05, 3.63) is 64.9 Å². The van der Waals surface area contributed by atoms with Crippen LogP contribution >= 0.6 is 0 Å². The molecular weight excluding hydrogens is 561 g/mol. The van der Waals surface area contributed by atoms with Gasteiger partial charge in [-0.15, -0.1) is 9.78 Å². The number of likely N-dealkylation sites (tertiary alicyclic amines) is 1. The molecule has 5 rings (SSSR count). The topological polar surface area (TPSA) is 146 Å². The highest BCUT2D eigenvalue weighted by atomic mass is 19.4. The van der Waals surface area contributed by atoms with Crippen LogP contribution in [0.15, 0.2) is 41.0 Å². The lowest BCUT2D eigenvalue weighted by Crippen LogP contribution is -2.56. The van der Waals surface area contributed by atoms with Crippen molar-refractivity contribution in [2.24, 2.45) is 11.7 Å². The van der Waals surface area contributed by atoms with Gasteiger partial charge in [0.2, 0.25) is 5.91 Å². The van der Waals surface area contributed by atoms with Crippen molar-refractivity contribution in [3.63, 3.8) is 0 Å². The number of nitrogens with two attached hydrogens (primary N) is 1. The fourth-order valence-corrected chi connectivity index (χ4v) is 4.91. The normalized spacial score (nSPS) is 19.7. The van der Waals surface area contributed by atoms with Crippen LogP contribution in [0.1, 0.15) is 45.4 Å². The molecule has 42 heavy (non-hydrogen) atoms. The molecule has 2 unspecified atom stereocenters. The number of furan rings is 1. The van der Waals surface area contributed by atoms with Gasteiger partial charge in [0.1, 0.15) is 24.5 Å². The molecule has 2 fully saturated rings. The second-order valence-corrected chi connectivity index (χ2v) is 10.0. The maximum atomic E-state index is 14.2. The smallest absolute Gasteiger partial charge is 0.393 e. The van der Waals surface area contributed by atoms with Gasteiger partial charge in [0, 0.05) is 26.2 Å². The van der Waals surface area contributed by atoms with Crippen LogP contribution in [0.2, 0.25) is 0 Å². The summed E-state index contributed by atoms with van der Waals surface area (Å²) in [5.74, 6) is -6.21. The van der Waals surface area contributed by atoms with Gasteiger partial charge >= 0.3 is 18.2 Å². The van der Waals surface area contributed by atoms with Crippen molar-refractivity contribution in [1.29, 1.82) is 0 Å². The second-order valence-electron chi connectivity index (χ2n) is 10.0. The van der Waals surface area contributed by atoms with Crippen molar-refractivity contribution >= 4 is 17.8 Å². The van der Waals surface area contributed by atoms with E-state index in [1.807, 2.05) is 0 Å². The summed E-state index contributed by atoms with van der Waals surface area (Å²) in [6.07, 6.45) is -4.19. The second kappa shape index (κ2) is 11.9. The number of aromatic nitrogens is 3. The SMILES string of the molecule is Cc1cc(C(=O)n2nc(C3C(=O)N(C(=O)N4CCOCC4)CCC3C(F)(F)F)nc2OCc2ccc(CN)cc2)co1. The number of hydrogen-bond acceptors (Lipinski definition) is 9. The van der Waals surface area contributed by atoms with E-state index >= 15 is 0 Å². The van der Waals surface area contributed by atoms with Crippen LogP contribution in [0.4, 0.5) is 18.0 Å². The molecule has 3 aromatic rings. The number of nitrogens with zero attached hydrogens (tertiary/aromatic N) is 5. The van der Waals surface area contributed by atoms with Crippen molar-refractivity contribution in [2.45, 2.75) is 38.6 Å². The maximum absolute atomic E-state index is 14.2.